The molecular weight excluding hydrogens is 290 g/mol. The summed E-state index contributed by atoms with van der Waals surface area (Å²) in [6, 6.07) is 6.03. The lowest BCUT2D eigenvalue weighted by molar-refractivity contribution is 0.689. The van der Waals surface area contributed by atoms with Crippen LogP contribution < -0.4 is 5.32 Å². The minimum atomic E-state index is 0.721. The zero-order valence-electron chi connectivity index (χ0n) is 11.5. The largest absolute Gasteiger partial charge is 0.306 e. The number of imidazole rings is 1. The number of nitrogens with one attached hydrogen (secondary N) is 1. The summed E-state index contributed by atoms with van der Waals surface area (Å²) in [7, 11) is 0. The van der Waals surface area contributed by atoms with Gasteiger partial charge in [0.15, 0.2) is 0 Å². The Morgan fingerprint density at radius 2 is 2.10 bits per heavy atom. The van der Waals surface area contributed by atoms with E-state index in [9.17, 15) is 0 Å². The molecule has 0 bridgehead atoms. The summed E-state index contributed by atoms with van der Waals surface area (Å²) in [5, 5.41) is 4.16. The molecule has 3 aromatic rings. The van der Waals surface area contributed by atoms with Gasteiger partial charge in [0.25, 0.3) is 0 Å². The van der Waals surface area contributed by atoms with Crippen LogP contribution in [0.1, 0.15) is 21.0 Å². The lowest BCUT2D eigenvalue weighted by Crippen LogP contribution is -2.11. The number of aryl methyl sites for hydroxylation is 2. The highest BCUT2D eigenvalue weighted by molar-refractivity contribution is 7.12. The standard InChI is InChI=1S/C15H16ClN3S/c1-10-5-14(20-11(10)2)7-17-6-13-9-19-8-12(16)3-4-15(19)18-13/h3-5,8-9,17H,6-7H2,1-2H3. The molecule has 0 atom stereocenters. The normalized spacial score (nSPS) is 11.3. The first-order valence-electron chi connectivity index (χ1n) is 6.51. The molecule has 0 unspecified atom stereocenters. The zero-order valence-corrected chi connectivity index (χ0v) is 13.1. The fourth-order valence-electron chi connectivity index (χ4n) is 2.15. The fourth-order valence-corrected chi connectivity index (χ4v) is 3.34. The second-order valence-corrected chi connectivity index (χ2v) is 6.68. The average Bonchev–Trinajstić information content (AvgIpc) is 2.93. The quantitative estimate of drug-likeness (QED) is 0.790. The highest BCUT2D eigenvalue weighted by atomic mass is 35.5. The SMILES string of the molecule is Cc1cc(CNCc2cn3cc(Cl)ccc3n2)sc1C. The average molecular weight is 306 g/mol. The maximum atomic E-state index is 5.97. The molecule has 5 heteroatoms. The zero-order chi connectivity index (χ0) is 14.1. The summed E-state index contributed by atoms with van der Waals surface area (Å²) in [6.45, 7) is 5.96. The number of fused-ring (bicyclic) bond motifs is 1. The summed E-state index contributed by atoms with van der Waals surface area (Å²) in [4.78, 5) is 7.31. The first kappa shape index (κ1) is 13.6. The van der Waals surface area contributed by atoms with Crippen LogP contribution in [0.5, 0.6) is 0 Å². The van der Waals surface area contributed by atoms with Crippen LogP contribution in [-0.4, -0.2) is 9.38 Å². The molecule has 0 aliphatic heterocycles. The highest BCUT2D eigenvalue weighted by Crippen LogP contribution is 2.20. The highest BCUT2D eigenvalue weighted by Gasteiger charge is 2.04. The van der Waals surface area contributed by atoms with Gasteiger partial charge in [-0.15, -0.1) is 11.3 Å². The van der Waals surface area contributed by atoms with Gasteiger partial charge in [-0.3, -0.25) is 0 Å². The van der Waals surface area contributed by atoms with Gasteiger partial charge in [0.2, 0.25) is 0 Å². The van der Waals surface area contributed by atoms with E-state index in [1.54, 1.807) is 0 Å². The Morgan fingerprint density at radius 3 is 2.85 bits per heavy atom. The molecule has 0 amide bonds. The van der Waals surface area contributed by atoms with Crippen molar-refractivity contribution in [1.82, 2.24) is 14.7 Å². The van der Waals surface area contributed by atoms with Crippen molar-refractivity contribution in [2.75, 3.05) is 0 Å². The minimum Gasteiger partial charge on any atom is -0.306 e. The Morgan fingerprint density at radius 1 is 1.25 bits per heavy atom. The molecular formula is C15H16ClN3S. The number of aromatic nitrogens is 2. The molecule has 3 aromatic heterocycles. The molecule has 3 rings (SSSR count). The van der Waals surface area contributed by atoms with Gasteiger partial charge in [0.05, 0.1) is 10.7 Å². The van der Waals surface area contributed by atoms with E-state index in [-0.39, 0.29) is 0 Å². The van der Waals surface area contributed by atoms with Crippen LogP contribution in [0, 0.1) is 13.8 Å². The van der Waals surface area contributed by atoms with Gasteiger partial charge in [0.1, 0.15) is 5.65 Å². The van der Waals surface area contributed by atoms with Crippen molar-refractivity contribution in [3.63, 3.8) is 0 Å². The van der Waals surface area contributed by atoms with E-state index < -0.39 is 0 Å². The molecule has 0 saturated heterocycles. The Labute approximate surface area is 127 Å². The predicted molar refractivity (Wildman–Crippen MR) is 84.5 cm³/mol. The Bertz CT molecular complexity index is 725. The van der Waals surface area contributed by atoms with E-state index in [0.717, 1.165) is 29.5 Å². The van der Waals surface area contributed by atoms with Crippen molar-refractivity contribution in [2.45, 2.75) is 26.9 Å². The number of hydrogen-bond donors (Lipinski definition) is 1. The maximum Gasteiger partial charge on any atom is 0.137 e. The van der Waals surface area contributed by atoms with Crippen LogP contribution in [0.4, 0.5) is 0 Å². The van der Waals surface area contributed by atoms with Crippen molar-refractivity contribution in [3.8, 4) is 0 Å². The molecule has 0 spiro atoms. The van der Waals surface area contributed by atoms with Crippen LogP contribution in [0.25, 0.3) is 5.65 Å². The summed E-state index contributed by atoms with van der Waals surface area (Å²) < 4.78 is 1.96. The van der Waals surface area contributed by atoms with E-state index in [1.165, 1.54) is 15.3 Å². The first-order chi connectivity index (χ1) is 9.61. The number of rotatable bonds is 4. The predicted octanol–water partition coefficient (Wildman–Crippen LogP) is 3.96. The van der Waals surface area contributed by atoms with E-state index in [1.807, 2.05) is 40.3 Å². The van der Waals surface area contributed by atoms with Gasteiger partial charge >= 0.3 is 0 Å². The van der Waals surface area contributed by atoms with Crippen LogP contribution in [0.15, 0.2) is 30.6 Å². The van der Waals surface area contributed by atoms with Gasteiger partial charge in [-0.2, -0.15) is 0 Å². The lowest BCUT2D eigenvalue weighted by Gasteiger charge is -1.99. The van der Waals surface area contributed by atoms with Gasteiger partial charge in [-0.25, -0.2) is 4.98 Å². The molecule has 0 fully saturated rings. The molecule has 0 aliphatic carbocycles. The van der Waals surface area contributed by atoms with Gasteiger partial charge in [-0.1, -0.05) is 11.6 Å². The van der Waals surface area contributed by atoms with E-state index in [4.69, 9.17) is 11.6 Å². The Hall–Kier alpha value is -1.36. The van der Waals surface area contributed by atoms with Crippen LogP contribution in [0.2, 0.25) is 5.02 Å². The monoisotopic (exact) mass is 305 g/mol. The molecule has 3 heterocycles. The topological polar surface area (TPSA) is 29.3 Å². The Kier molecular flexibility index (Phi) is 3.78. The second-order valence-electron chi connectivity index (χ2n) is 4.90. The smallest absolute Gasteiger partial charge is 0.137 e. The molecule has 104 valence electrons. The first-order valence-corrected chi connectivity index (χ1v) is 7.71. The molecule has 3 nitrogen and oxygen atoms in total. The van der Waals surface area contributed by atoms with Crippen molar-refractivity contribution in [1.29, 1.82) is 0 Å². The van der Waals surface area contributed by atoms with E-state index >= 15 is 0 Å². The van der Waals surface area contributed by atoms with Crippen molar-refractivity contribution < 1.29 is 0 Å². The third-order valence-electron chi connectivity index (χ3n) is 3.29. The summed E-state index contributed by atoms with van der Waals surface area (Å²) in [5.74, 6) is 0. The molecule has 0 aromatic carbocycles. The molecule has 0 radical (unpaired) electrons. The summed E-state index contributed by atoms with van der Waals surface area (Å²) in [5.41, 5.74) is 3.32. The molecule has 20 heavy (non-hydrogen) atoms. The number of hydrogen-bond acceptors (Lipinski definition) is 3. The third kappa shape index (κ3) is 2.87. The van der Waals surface area contributed by atoms with Crippen LogP contribution >= 0.6 is 22.9 Å². The molecule has 0 aliphatic rings. The van der Waals surface area contributed by atoms with Crippen molar-refractivity contribution >= 4 is 28.6 Å². The van der Waals surface area contributed by atoms with Gasteiger partial charge in [-0.05, 0) is 37.6 Å². The summed E-state index contributed by atoms with van der Waals surface area (Å²) >= 11 is 7.82. The number of halogens is 1. The van der Waals surface area contributed by atoms with Crippen LogP contribution in [-0.2, 0) is 13.1 Å². The fraction of sp³-hybridized carbons (Fsp3) is 0.267. The van der Waals surface area contributed by atoms with Crippen LogP contribution in [0.3, 0.4) is 0 Å². The van der Waals surface area contributed by atoms with Crippen molar-refractivity contribution in [3.05, 3.63) is 56.6 Å². The Balaban J connectivity index is 1.65. The molecule has 1 N–H and O–H groups in total. The number of nitrogens with zero attached hydrogens (tertiary/aromatic N) is 2. The number of thiophene rings is 1. The van der Waals surface area contributed by atoms with E-state index in [2.05, 4.69) is 30.2 Å². The number of pyridine rings is 1. The third-order valence-corrected chi connectivity index (χ3v) is 4.66. The maximum absolute atomic E-state index is 5.97. The minimum absolute atomic E-state index is 0.721. The second kappa shape index (κ2) is 5.56. The summed E-state index contributed by atoms with van der Waals surface area (Å²) in [6.07, 6.45) is 3.89. The molecule has 0 saturated carbocycles. The lowest BCUT2D eigenvalue weighted by atomic mass is 10.3. The van der Waals surface area contributed by atoms with Crippen molar-refractivity contribution in [2.24, 2.45) is 0 Å². The van der Waals surface area contributed by atoms with Gasteiger partial charge < -0.3 is 9.72 Å². The van der Waals surface area contributed by atoms with E-state index in [0.29, 0.717) is 0 Å². The van der Waals surface area contributed by atoms with Gasteiger partial charge in [0, 0.05) is 35.2 Å².